The quantitative estimate of drug-likeness (QED) is 0.868. The van der Waals surface area contributed by atoms with E-state index in [1.54, 1.807) is 6.92 Å². The average Bonchev–Trinajstić information content (AvgIpc) is 2.37. The third kappa shape index (κ3) is 3.98. The molecule has 0 aliphatic rings. The Morgan fingerprint density at radius 3 is 2.33 bits per heavy atom. The molecule has 0 amide bonds. The number of benzene rings is 2. The van der Waals surface area contributed by atoms with E-state index in [0.29, 0.717) is 16.5 Å². The van der Waals surface area contributed by atoms with E-state index in [1.165, 1.54) is 12.1 Å². The summed E-state index contributed by atoms with van der Waals surface area (Å²) in [5.74, 6) is -2.87. The van der Waals surface area contributed by atoms with Crippen LogP contribution in [0.25, 0.3) is 0 Å². The van der Waals surface area contributed by atoms with E-state index in [4.69, 9.17) is 10.5 Å². The molecule has 0 heterocycles. The molecule has 2 N–H and O–H groups in total. The lowest BCUT2D eigenvalue weighted by Crippen LogP contribution is -2.18. The first-order valence-electron chi connectivity index (χ1n) is 6.23. The Morgan fingerprint density at radius 2 is 1.76 bits per heavy atom. The molecule has 0 fully saturated rings. The van der Waals surface area contributed by atoms with E-state index in [9.17, 15) is 13.2 Å². The van der Waals surface area contributed by atoms with Crippen molar-refractivity contribution in [2.75, 3.05) is 0 Å². The summed E-state index contributed by atoms with van der Waals surface area (Å²) in [6, 6.07) is 5.75. The lowest BCUT2D eigenvalue weighted by atomic mass is 10.1. The number of rotatable bonds is 4. The summed E-state index contributed by atoms with van der Waals surface area (Å²) >= 11 is 3.13. The smallest absolute Gasteiger partial charge is 0.198 e. The Morgan fingerprint density at radius 1 is 1.14 bits per heavy atom. The van der Waals surface area contributed by atoms with Crippen molar-refractivity contribution in [1.29, 1.82) is 0 Å². The Bertz CT molecular complexity index is 638. The number of halogens is 4. The molecule has 0 radical (unpaired) electrons. The van der Waals surface area contributed by atoms with Gasteiger partial charge in [0.25, 0.3) is 0 Å². The minimum atomic E-state index is -0.859. The summed E-state index contributed by atoms with van der Waals surface area (Å²) in [4.78, 5) is 0. The molecular formula is C15H13BrF3NO. The van der Waals surface area contributed by atoms with Gasteiger partial charge in [0, 0.05) is 12.1 Å². The predicted octanol–water partition coefficient (Wildman–Crippen LogP) is 4.55. The minimum absolute atomic E-state index is 0.00672. The van der Waals surface area contributed by atoms with Crippen LogP contribution in [0, 0.1) is 17.5 Å². The summed E-state index contributed by atoms with van der Waals surface area (Å²) in [6.07, 6.45) is 0.345. The molecule has 0 aliphatic carbocycles. The molecule has 21 heavy (non-hydrogen) atoms. The standard InChI is InChI=1S/C15H13BrF3NO/c1-8(20)4-9-5-12(18)15(13(19)6-9)21-14-7-10(17)2-3-11(14)16/h2-3,5-8H,4,20H2,1H3. The zero-order valence-electron chi connectivity index (χ0n) is 11.2. The van der Waals surface area contributed by atoms with Gasteiger partial charge < -0.3 is 10.5 Å². The first-order valence-corrected chi connectivity index (χ1v) is 7.02. The third-order valence-corrected chi connectivity index (χ3v) is 3.38. The molecule has 6 heteroatoms. The Kier molecular flexibility index (Phi) is 4.90. The summed E-state index contributed by atoms with van der Waals surface area (Å²) in [6.45, 7) is 1.74. The maximum absolute atomic E-state index is 14.0. The van der Waals surface area contributed by atoms with Crippen LogP contribution >= 0.6 is 15.9 Å². The molecule has 0 saturated carbocycles. The van der Waals surface area contributed by atoms with Gasteiger partial charge in [-0.3, -0.25) is 0 Å². The Labute approximate surface area is 128 Å². The summed E-state index contributed by atoms with van der Waals surface area (Å²) in [5, 5.41) is 0. The zero-order chi connectivity index (χ0) is 15.6. The van der Waals surface area contributed by atoms with Gasteiger partial charge in [0.15, 0.2) is 17.4 Å². The molecule has 0 spiro atoms. The van der Waals surface area contributed by atoms with Crippen LogP contribution in [0.1, 0.15) is 12.5 Å². The van der Waals surface area contributed by atoms with Crippen LogP contribution in [0.3, 0.4) is 0 Å². The summed E-state index contributed by atoms with van der Waals surface area (Å²) in [7, 11) is 0. The van der Waals surface area contributed by atoms with Crippen LogP contribution in [-0.2, 0) is 6.42 Å². The van der Waals surface area contributed by atoms with Crippen LogP contribution in [0.5, 0.6) is 11.5 Å². The van der Waals surface area contributed by atoms with Gasteiger partial charge in [-0.25, -0.2) is 13.2 Å². The molecule has 2 aromatic carbocycles. The maximum atomic E-state index is 14.0. The van der Waals surface area contributed by atoms with E-state index >= 15 is 0 Å². The first kappa shape index (κ1) is 15.9. The number of nitrogens with two attached hydrogens (primary N) is 1. The van der Waals surface area contributed by atoms with Crippen molar-refractivity contribution < 1.29 is 17.9 Å². The monoisotopic (exact) mass is 359 g/mol. The predicted molar refractivity (Wildman–Crippen MR) is 77.9 cm³/mol. The molecule has 0 saturated heterocycles. The second kappa shape index (κ2) is 6.49. The van der Waals surface area contributed by atoms with E-state index in [2.05, 4.69) is 15.9 Å². The molecule has 2 rings (SSSR count). The largest absolute Gasteiger partial charge is 0.450 e. The molecule has 2 aromatic rings. The topological polar surface area (TPSA) is 35.2 Å². The molecule has 0 aromatic heterocycles. The lowest BCUT2D eigenvalue weighted by Gasteiger charge is -2.12. The van der Waals surface area contributed by atoms with Crippen molar-refractivity contribution >= 4 is 15.9 Å². The van der Waals surface area contributed by atoms with Crippen molar-refractivity contribution in [2.24, 2.45) is 5.73 Å². The Balaban J connectivity index is 2.34. The van der Waals surface area contributed by atoms with E-state index < -0.39 is 23.2 Å². The Hall–Kier alpha value is -1.53. The van der Waals surface area contributed by atoms with Gasteiger partial charge in [-0.2, -0.15) is 0 Å². The molecular weight excluding hydrogens is 347 g/mol. The van der Waals surface area contributed by atoms with Crippen LogP contribution < -0.4 is 10.5 Å². The van der Waals surface area contributed by atoms with Gasteiger partial charge in [-0.15, -0.1) is 0 Å². The second-order valence-electron chi connectivity index (χ2n) is 4.75. The van der Waals surface area contributed by atoms with Gasteiger partial charge in [-0.1, -0.05) is 0 Å². The van der Waals surface area contributed by atoms with Gasteiger partial charge >= 0.3 is 0 Å². The van der Waals surface area contributed by atoms with Gasteiger partial charge in [0.2, 0.25) is 0 Å². The number of ether oxygens (including phenoxy) is 1. The van der Waals surface area contributed by atoms with E-state index in [-0.39, 0.29) is 11.8 Å². The SMILES string of the molecule is CC(N)Cc1cc(F)c(Oc2cc(F)ccc2Br)c(F)c1. The van der Waals surface area contributed by atoms with E-state index in [0.717, 1.165) is 18.2 Å². The fourth-order valence-electron chi connectivity index (χ4n) is 1.86. The highest BCUT2D eigenvalue weighted by atomic mass is 79.9. The highest BCUT2D eigenvalue weighted by molar-refractivity contribution is 9.10. The average molecular weight is 360 g/mol. The summed E-state index contributed by atoms with van der Waals surface area (Å²) in [5.41, 5.74) is 6.03. The fourth-order valence-corrected chi connectivity index (χ4v) is 2.19. The van der Waals surface area contributed by atoms with Crippen LogP contribution in [-0.4, -0.2) is 6.04 Å². The van der Waals surface area contributed by atoms with Crippen molar-refractivity contribution in [1.82, 2.24) is 0 Å². The highest BCUT2D eigenvalue weighted by Crippen LogP contribution is 2.33. The molecule has 112 valence electrons. The summed E-state index contributed by atoms with van der Waals surface area (Å²) < 4.78 is 46.6. The number of hydrogen-bond donors (Lipinski definition) is 1. The minimum Gasteiger partial charge on any atom is -0.450 e. The fraction of sp³-hybridized carbons (Fsp3) is 0.200. The molecule has 2 nitrogen and oxygen atoms in total. The normalized spacial score (nSPS) is 12.3. The molecule has 1 atom stereocenters. The zero-order valence-corrected chi connectivity index (χ0v) is 12.8. The molecule has 1 unspecified atom stereocenters. The van der Waals surface area contributed by atoms with Crippen molar-refractivity contribution in [3.8, 4) is 11.5 Å². The maximum Gasteiger partial charge on any atom is 0.198 e. The van der Waals surface area contributed by atoms with Gasteiger partial charge in [0.1, 0.15) is 11.6 Å². The van der Waals surface area contributed by atoms with E-state index in [1.807, 2.05) is 0 Å². The second-order valence-corrected chi connectivity index (χ2v) is 5.60. The van der Waals surface area contributed by atoms with Crippen molar-refractivity contribution in [3.05, 3.63) is 57.8 Å². The van der Waals surface area contributed by atoms with Gasteiger partial charge in [0.05, 0.1) is 4.47 Å². The lowest BCUT2D eigenvalue weighted by molar-refractivity contribution is 0.402. The number of hydrogen-bond acceptors (Lipinski definition) is 2. The van der Waals surface area contributed by atoms with Crippen molar-refractivity contribution in [2.45, 2.75) is 19.4 Å². The van der Waals surface area contributed by atoms with Crippen LogP contribution in [0.2, 0.25) is 0 Å². The van der Waals surface area contributed by atoms with Gasteiger partial charge in [-0.05, 0) is 59.1 Å². The first-order chi connectivity index (χ1) is 9.86. The third-order valence-electron chi connectivity index (χ3n) is 2.72. The molecule has 0 bridgehead atoms. The molecule has 0 aliphatic heterocycles. The highest BCUT2D eigenvalue weighted by Gasteiger charge is 2.16. The van der Waals surface area contributed by atoms with Crippen molar-refractivity contribution in [3.63, 3.8) is 0 Å². The van der Waals surface area contributed by atoms with Crippen LogP contribution in [0.15, 0.2) is 34.8 Å². The van der Waals surface area contributed by atoms with Crippen LogP contribution in [0.4, 0.5) is 13.2 Å².